The normalized spacial score (nSPS) is 20.0. The summed E-state index contributed by atoms with van der Waals surface area (Å²) < 4.78 is 6.04. The molecule has 3 N–H and O–H groups in total. The number of amidine groups is 1. The summed E-state index contributed by atoms with van der Waals surface area (Å²) in [4.78, 5) is 15.4. The second-order valence-corrected chi connectivity index (χ2v) is 6.46. The van der Waals surface area contributed by atoms with Crippen molar-refractivity contribution >= 4 is 17.3 Å². The number of nitrogens with two attached hydrogens (primary N) is 1. The van der Waals surface area contributed by atoms with Gasteiger partial charge in [0, 0.05) is 38.2 Å². The molecular weight excluding hydrogens is 316 g/mol. The van der Waals surface area contributed by atoms with Gasteiger partial charge in [-0.3, -0.25) is 0 Å². The van der Waals surface area contributed by atoms with Gasteiger partial charge < -0.3 is 20.7 Å². The Balaban J connectivity index is 1.61. The largest absolute Gasteiger partial charge is 0.437 e. The van der Waals surface area contributed by atoms with E-state index < -0.39 is 0 Å². The molecule has 0 radical (unpaired) electrons. The third-order valence-corrected chi connectivity index (χ3v) is 4.64. The number of nitrogens with zero attached hydrogens (tertiary/aromatic N) is 4. The minimum atomic E-state index is 0.251. The first kappa shape index (κ1) is 15.8. The van der Waals surface area contributed by atoms with E-state index in [1.165, 1.54) is 0 Å². The monoisotopic (exact) mass is 338 g/mol. The number of aliphatic imine (C=N–C) groups is 1. The molecule has 25 heavy (non-hydrogen) atoms. The SMILES string of the molecule is CC1Cc2cccc(Oc3cc(N4CCNCC4)ncn3)c2N=C1N. The summed E-state index contributed by atoms with van der Waals surface area (Å²) in [7, 11) is 0. The molecule has 130 valence electrons. The third kappa shape index (κ3) is 3.28. The number of nitrogens with one attached hydrogen (secondary N) is 1. The Morgan fingerprint density at radius 1 is 1.24 bits per heavy atom. The van der Waals surface area contributed by atoms with Crippen LogP contribution >= 0.6 is 0 Å². The molecule has 0 spiro atoms. The smallest absolute Gasteiger partial charge is 0.224 e. The molecule has 0 amide bonds. The van der Waals surface area contributed by atoms with E-state index >= 15 is 0 Å². The van der Waals surface area contributed by atoms with Crippen LogP contribution < -0.4 is 20.7 Å². The zero-order valence-electron chi connectivity index (χ0n) is 14.3. The van der Waals surface area contributed by atoms with Crippen molar-refractivity contribution in [3.05, 3.63) is 36.2 Å². The summed E-state index contributed by atoms with van der Waals surface area (Å²) in [5, 5.41) is 3.34. The van der Waals surface area contributed by atoms with E-state index in [4.69, 9.17) is 10.5 Å². The summed E-state index contributed by atoms with van der Waals surface area (Å²) in [6.07, 6.45) is 2.42. The number of piperazine rings is 1. The van der Waals surface area contributed by atoms with Gasteiger partial charge in [0.1, 0.15) is 23.7 Å². The van der Waals surface area contributed by atoms with Gasteiger partial charge in [0.05, 0.1) is 0 Å². The molecule has 2 aromatic rings. The van der Waals surface area contributed by atoms with Crippen molar-refractivity contribution < 1.29 is 4.74 Å². The molecule has 2 aliphatic rings. The number of hydrogen-bond acceptors (Lipinski definition) is 7. The van der Waals surface area contributed by atoms with Crippen LogP contribution in [0, 0.1) is 5.92 Å². The molecule has 1 saturated heterocycles. The lowest BCUT2D eigenvalue weighted by molar-refractivity contribution is 0.460. The molecule has 1 aromatic heterocycles. The molecule has 0 saturated carbocycles. The van der Waals surface area contributed by atoms with Crippen LogP contribution in [-0.4, -0.2) is 42.0 Å². The van der Waals surface area contributed by atoms with Gasteiger partial charge >= 0.3 is 0 Å². The summed E-state index contributed by atoms with van der Waals surface area (Å²) in [5.41, 5.74) is 7.99. The summed E-state index contributed by atoms with van der Waals surface area (Å²) in [6, 6.07) is 7.83. The molecule has 0 aliphatic carbocycles. The summed E-state index contributed by atoms with van der Waals surface area (Å²) >= 11 is 0. The lowest BCUT2D eigenvalue weighted by Gasteiger charge is -2.28. The highest BCUT2D eigenvalue weighted by molar-refractivity contribution is 5.89. The number of ether oxygens (including phenoxy) is 1. The first-order valence-electron chi connectivity index (χ1n) is 8.62. The van der Waals surface area contributed by atoms with Crippen LogP contribution in [0.25, 0.3) is 0 Å². The van der Waals surface area contributed by atoms with E-state index in [-0.39, 0.29) is 5.92 Å². The van der Waals surface area contributed by atoms with Crippen molar-refractivity contribution in [1.29, 1.82) is 0 Å². The molecule has 1 aromatic carbocycles. The van der Waals surface area contributed by atoms with E-state index in [1.807, 2.05) is 18.2 Å². The van der Waals surface area contributed by atoms with Gasteiger partial charge in [0.25, 0.3) is 0 Å². The van der Waals surface area contributed by atoms with Gasteiger partial charge in [-0.1, -0.05) is 19.1 Å². The number of rotatable bonds is 3. The Morgan fingerprint density at radius 3 is 2.92 bits per heavy atom. The maximum absolute atomic E-state index is 6.04. The van der Waals surface area contributed by atoms with Gasteiger partial charge in [-0.25, -0.2) is 15.0 Å². The predicted octanol–water partition coefficient (Wildman–Crippen LogP) is 1.86. The molecule has 3 heterocycles. The van der Waals surface area contributed by atoms with Crippen LogP contribution in [-0.2, 0) is 6.42 Å². The van der Waals surface area contributed by atoms with E-state index in [9.17, 15) is 0 Å². The van der Waals surface area contributed by atoms with Crippen LogP contribution in [0.15, 0.2) is 35.6 Å². The Kier molecular flexibility index (Phi) is 4.23. The summed E-state index contributed by atoms with van der Waals surface area (Å²) in [5.74, 6) is 2.98. The average Bonchev–Trinajstić information content (AvgIpc) is 2.64. The number of para-hydroxylation sites is 1. The van der Waals surface area contributed by atoms with Gasteiger partial charge in [0.2, 0.25) is 5.88 Å². The molecule has 7 nitrogen and oxygen atoms in total. The zero-order valence-corrected chi connectivity index (χ0v) is 14.3. The molecule has 1 unspecified atom stereocenters. The van der Waals surface area contributed by atoms with E-state index in [0.29, 0.717) is 17.5 Å². The molecular formula is C18H22N6O. The van der Waals surface area contributed by atoms with Gasteiger partial charge in [-0.15, -0.1) is 0 Å². The van der Waals surface area contributed by atoms with Crippen LogP contribution in [0.1, 0.15) is 12.5 Å². The average molecular weight is 338 g/mol. The summed E-state index contributed by atoms with van der Waals surface area (Å²) in [6.45, 7) is 5.85. The maximum Gasteiger partial charge on any atom is 0.224 e. The number of fused-ring (bicyclic) bond motifs is 1. The van der Waals surface area contributed by atoms with Crippen LogP contribution in [0.3, 0.4) is 0 Å². The Morgan fingerprint density at radius 2 is 2.08 bits per heavy atom. The first-order valence-corrected chi connectivity index (χ1v) is 8.62. The van der Waals surface area contributed by atoms with E-state index in [0.717, 1.165) is 49.7 Å². The van der Waals surface area contributed by atoms with Crippen molar-refractivity contribution in [3.63, 3.8) is 0 Å². The first-order chi connectivity index (χ1) is 12.2. The van der Waals surface area contributed by atoms with Crippen molar-refractivity contribution in [3.8, 4) is 11.6 Å². The van der Waals surface area contributed by atoms with E-state index in [1.54, 1.807) is 6.33 Å². The Bertz CT molecular complexity index is 800. The van der Waals surface area contributed by atoms with Gasteiger partial charge in [0.15, 0.2) is 5.75 Å². The van der Waals surface area contributed by atoms with Gasteiger partial charge in [-0.05, 0) is 18.1 Å². The second kappa shape index (κ2) is 6.68. The molecule has 1 fully saturated rings. The zero-order chi connectivity index (χ0) is 17.2. The molecule has 0 bridgehead atoms. The topological polar surface area (TPSA) is 88.7 Å². The molecule has 7 heteroatoms. The predicted molar refractivity (Wildman–Crippen MR) is 97.8 cm³/mol. The highest BCUT2D eigenvalue weighted by Crippen LogP contribution is 2.38. The fourth-order valence-electron chi connectivity index (χ4n) is 3.18. The van der Waals surface area contributed by atoms with Crippen molar-refractivity contribution in [1.82, 2.24) is 15.3 Å². The molecule has 4 rings (SSSR count). The standard InChI is InChI=1S/C18H22N6O/c1-12-9-13-3-2-4-14(17(13)23-18(12)19)25-16-10-15(21-11-22-16)24-7-5-20-6-8-24/h2-4,10-12,20H,5-9H2,1H3,(H2,19,23). The van der Waals surface area contributed by atoms with Crippen LogP contribution in [0.2, 0.25) is 0 Å². The van der Waals surface area contributed by atoms with Crippen molar-refractivity contribution in [2.75, 3.05) is 31.1 Å². The fourth-order valence-corrected chi connectivity index (χ4v) is 3.18. The maximum atomic E-state index is 6.04. The molecule has 2 aliphatic heterocycles. The Labute approximate surface area is 146 Å². The third-order valence-electron chi connectivity index (χ3n) is 4.64. The number of aromatic nitrogens is 2. The fraction of sp³-hybridized carbons (Fsp3) is 0.389. The van der Waals surface area contributed by atoms with Crippen molar-refractivity contribution in [2.45, 2.75) is 13.3 Å². The van der Waals surface area contributed by atoms with Crippen LogP contribution in [0.5, 0.6) is 11.6 Å². The van der Waals surface area contributed by atoms with Crippen molar-refractivity contribution in [2.24, 2.45) is 16.6 Å². The number of benzene rings is 1. The van der Waals surface area contributed by atoms with Crippen LogP contribution in [0.4, 0.5) is 11.5 Å². The minimum absolute atomic E-state index is 0.251. The minimum Gasteiger partial charge on any atom is -0.437 e. The van der Waals surface area contributed by atoms with E-state index in [2.05, 4.69) is 38.2 Å². The lowest BCUT2D eigenvalue weighted by Crippen LogP contribution is -2.43. The lowest BCUT2D eigenvalue weighted by atomic mass is 9.95. The number of anilines is 1. The quantitative estimate of drug-likeness (QED) is 0.888. The molecule has 1 atom stereocenters. The van der Waals surface area contributed by atoms with Gasteiger partial charge in [-0.2, -0.15) is 0 Å². The number of hydrogen-bond donors (Lipinski definition) is 2. The second-order valence-electron chi connectivity index (χ2n) is 6.46. The highest BCUT2D eigenvalue weighted by atomic mass is 16.5. The Hall–Kier alpha value is -2.67. The highest BCUT2D eigenvalue weighted by Gasteiger charge is 2.21.